The minimum atomic E-state index is -5.18. The van der Waals surface area contributed by atoms with Gasteiger partial charge in [0, 0.05) is 88.3 Å². The number of amides is 3. The van der Waals surface area contributed by atoms with E-state index in [0.717, 1.165) is 115 Å². The number of cyclic esters (lactones) is 1. The highest BCUT2D eigenvalue weighted by molar-refractivity contribution is 7.89. The van der Waals surface area contributed by atoms with Gasteiger partial charge in [-0.3, -0.25) is 38.9 Å². The summed E-state index contributed by atoms with van der Waals surface area (Å²) in [4.78, 5) is 90.8. The van der Waals surface area contributed by atoms with Crippen LogP contribution >= 0.6 is 0 Å². The average molecular weight is 1920 g/mol. The normalized spacial score (nSPS) is 18.1. The molecule has 134 heavy (non-hydrogen) atoms. The van der Waals surface area contributed by atoms with E-state index in [1.54, 1.807) is 42.9 Å². The van der Waals surface area contributed by atoms with Crippen LogP contribution in [0.25, 0.3) is 21.5 Å². The van der Waals surface area contributed by atoms with Crippen molar-refractivity contribution in [2.24, 2.45) is 0 Å². The number of halogens is 12. The number of nitrogens with one attached hydrogen (secondary N) is 2. The van der Waals surface area contributed by atoms with Crippen LogP contribution in [-0.4, -0.2) is 135 Å². The van der Waals surface area contributed by atoms with Gasteiger partial charge >= 0.3 is 5.97 Å². The van der Waals surface area contributed by atoms with E-state index in [1.807, 2.05) is 18.2 Å². The van der Waals surface area contributed by atoms with E-state index in [4.69, 9.17) is 4.74 Å². The van der Waals surface area contributed by atoms with Crippen molar-refractivity contribution in [2.45, 2.75) is 213 Å². The number of esters is 1. The van der Waals surface area contributed by atoms with Gasteiger partial charge < -0.3 is 19.4 Å². The molecule has 5 aromatic heterocycles. The zero-order valence-corrected chi connectivity index (χ0v) is 74.6. The number of carbonyl (C=O) groups is 4. The number of H-pyrrole nitrogens is 2. The van der Waals surface area contributed by atoms with Crippen molar-refractivity contribution >= 4 is 92.4 Å². The fraction of sp³-hybridized carbons (Fsp3) is 0.366. The highest BCUT2D eigenvalue weighted by Crippen LogP contribution is 2.43. The van der Waals surface area contributed by atoms with Gasteiger partial charge in [-0.1, -0.05) is 76.0 Å². The van der Waals surface area contributed by atoms with E-state index in [9.17, 15) is 107 Å². The molecule has 11 aromatic rings. The molecule has 4 aliphatic heterocycles. The number of anilines is 3. The number of fused-ring (bicyclic) bond motifs is 3. The first-order valence-corrected chi connectivity index (χ1v) is 47.8. The highest BCUT2D eigenvalue weighted by atomic mass is 32.2. The van der Waals surface area contributed by atoms with Crippen LogP contribution < -0.4 is 25.8 Å². The molecule has 0 radical (unpaired) electrons. The van der Waals surface area contributed by atoms with Crippen LogP contribution in [0.3, 0.4) is 0 Å². The van der Waals surface area contributed by atoms with E-state index in [2.05, 4.69) is 35.3 Å². The first-order chi connectivity index (χ1) is 64.0. The van der Waals surface area contributed by atoms with Crippen molar-refractivity contribution in [3.8, 4) is 0 Å². The second-order valence-corrected chi connectivity index (χ2v) is 39.8. The summed E-state index contributed by atoms with van der Waals surface area (Å²) in [5.41, 5.74) is 2.59. The minimum absolute atomic E-state index is 0.00475. The maximum atomic E-state index is 14.8. The smallest absolute Gasteiger partial charge is 0.338 e. The molecular weight excluding hydrogens is 1830 g/mol. The Morgan fingerprint density at radius 2 is 0.664 bits per heavy atom. The molecule has 7 aliphatic rings. The van der Waals surface area contributed by atoms with Gasteiger partial charge in [-0.2, -0.15) is 23.1 Å². The average Bonchev–Trinajstić information content (AvgIpc) is 0.934. The van der Waals surface area contributed by atoms with E-state index in [1.165, 1.54) is 94.9 Å². The molecule has 2 N–H and O–H groups in total. The highest BCUT2D eigenvalue weighted by Gasteiger charge is 2.52. The fourth-order valence-corrected chi connectivity index (χ4v) is 23.4. The monoisotopic (exact) mass is 1920 g/mol. The Hall–Kier alpha value is -12.2. The Kier molecular flexibility index (Phi) is 27.4. The summed E-state index contributed by atoms with van der Waals surface area (Å²) in [5.74, 6) is -24.9. The Morgan fingerprint density at radius 1 is 0.373 bits per heavy atom. The number of sulfonamides is 3. The van der Waals surface area contributed by atoms with Crippen molar-refractivity contribution in [1.29, 1.82) is 0 Å². The molecule has 3 amide bonds. The number of carbonyl (C=O) groups excluding carboxylic acids is 4. The molecule has 41 heteroatoms. The summed E-state index contributed by atoms with van der Waals surface area (Å²) in [6, 6.07) is 20.6. The topological polar surface area (TPSA) is 330 Å². The predicted molar refractivity (Wildman–Crippen MR) is 464 cm³/mol. The SMILES string of the molecule is Cc1c(F)c(F)c(S(=O)(=O)N2CC[C@@H]2C(=O)N(Cc2ccc(C3CCCCC3)cn2)c2ccc3c(=O)[nH]ncc3c2)c(F)c1F.Cc1c(F)c(F)c(S(=O)(=O)N2CC[C@@H]2C(=O)N(Cc2ccc(C3CCCCC3)cn2)c2ccc3c(=O)[nH]ncc3c2)c(F)c1F.Cc1c(F)c(F)c(S(=O)(=O)N2CC[C@@H]2C(=O)N(Cc2ccc(C3CCCCC3)cn2)c2ccc3c(c2)COC3=O)c(F)c1F. The van der Waals surface area contributed by atoms with Gasteiger partial charge in [-0.15, -0.1) is 0 Å². The number of aromatic amines is 2. The molecule has 18 rings (SSSR count). The van der Waals surface area contributed by atoms with Crippen LogP contribution in [0.5, 0.6) is 0 Å². The van der Waals surface area contributed by atoms with Crippen LogP contribution in [0.2, 0.25) is 0 Å². The second kappa shape index (κ2) is 38.7. The lowest BCUT2D eigenvalue weighted by Gasteiger charge is -2.41. The molecule has 6 aromatic carbocycles. The molecule has 0 unspecified atom stereocenters. The largest absolute Gasteiger partial charge is 0.457 e. The summed E-state index contributed by atoms with van der Waals surface area (Å²) >= 11 is 0. The Bertz CT molecular complexity index is 6630. The lowest BCUT2D eigenvalue weighted by molar-refractivity contribution is -0.125. The number of nitrogens with zero attached hydrogens (tertiary/aromatic N) is 11. The molecule has 0 spiro atoms. The maximum Gasteiger partial charge on any atom is 0.338 e. The van der Waals surface area contributed by atoms with Crippen LogP contribution in [0, 0.1) is 90.6 Å². The minimum Gasteiger partial charge on any atom is -0.457 e. The Balaban J connectivity index is 0.000000146. The van der Waals surface area contributed by atoms with Crippen molar-refractivity contribution in [3.63, 3.8) is 0 Å². The molecule has 3 aliphatic carbocycles. The standard InChI is InChI=1S/2C31H29F4N5O4S.C31H29F4N3O5S/c2*1-17-25(32)27(34)29(28(35)26(17)33)45(43,44)40-12-11-24(40)31(42)39(22-9-10-23-20(13-22)15-37-38-30(23)41)16-21-8-7-19(14-36-21)18-5-3-2-4-6-18;1-17-25(32)27(34)29(28(35)26(17)33)44(41,42)38-12-11-24(38)30(39)37(22-9-10-23-20(13-22)16-43-31(23)40)15-21-8-7-19(14-36-21)18-5-3-2-4-6-18/h2*7-10,13-15,18,24H,2-6,11-12,16H2,1H3,(H,38,41);7-10,13-14,18,24H,2-6,11-12,15-16H2,1H3/t3*24-/m111/s1. The third-order valence-electron chi connectivity index (χ3n) is 26.2. The van der Waals surface area contributed by atoms with Gasteiger partial charge in [0.05, 0.1) is 65.4 Å². The number of ether oxygens (including phenoxy) is 1. The molecule has 6 fully saturated rings. The number of benzene rings is 6. The molecule has 9 heterocycles. The first-order valence-electron chi connectivity index (χ1n) is 43.5. The zero-order chi connectivity index (χ0) is 95.4. The van der Waals surface area contributed by atoms with Gasteiger partial charge in [-0.05, 0) is 186 Å². The third kappa shape index (κ3) is 18.2. The Morgan fingerprint density at radius 3 is 0.940 bits per heavy atom. The predicted octanol–water partition coefficient (Wildman–Crippen LogP) is 16.1. The quantitative estimate of drug-likeness (QED) is 0.0383. The number of hydrogen-bond donors (Lipinski definition) is 2. The lowest BCUT2D eigenvalue weighted by Crippen LogP contribution is -2.59. The second-order valence-electron chi connectivity index (χ2n) is 34.3. The molecule has 3 saturated heterocycles. The van der Waals surface area contributed by atoms with Gasteiger partial charge in [0.25, 0.3) is 11.1 Å². The van der Waals surface area contributed by atoms with Gasteiger partial charge in [0.15, 0.2) is 84.5 Å². The van der Waals surface area contributed by atoms with E-state index in [0.29, 0.717) is 86.1 Å². The van der Waals surface area contributed by atoms with Gasteiger partial charge in [0.2, 0.25) is 47.8 Å². The van der Waals surface area contributed by atoms with Crippen molar-refractivity contribution < 1.29 is 102 Å². The summed E-state index contributed by atoms with van der Waals surface area (Å²) < 4.78 is 261. The zero-order valence-electron chi connectivity index (χ0n) is 72.2. The molecular formula is C93H87F12N13O13S3. The Labute approximate surface area is 759 Å². The van der Waals surface area contributed by atoms with Crippen LogP contribution in [-0.2, 0) is 75.4 Å². The third-order valence-corrected chi connectivity index (χ3v) is 32.0. The van der Waals surface area contributed by atoms with Gasteiger partial charge in [-0.25, -0.2) is 92.9 Å². The lowest BCUT2D eigenvalue weighted by atomic mass is 9.85. The van der Waals surface area contributed by atoms with Crippen LogP contribution in [0.15, 0.2) is 146 Å². The van der Waals surface area contributed by atoms with Crippen molar-refractivity contribution in [1.82, 2.24) is 48.3 Å². The van der Waals surface area contributed by atoms with E-state index in [-0.39, 0.29) is 76.5 Å². The number of aromatic nitrogens is 7. The number of rotatable bonds is 21. The van der Waals surface area contributed by atoms with E-state index >= 15 is 0 Å². The first kappa shape index (κ1) is 95.0. The maximum absolute atomic E-state index is 14.8. The summed E-state index contributed by atoms with van der Waals surface area (Å²) in [5, 5.41) is 13.7. The summed E-state index contributed by atoms with van der Waals surface area (Å²) in [6.07, 6.45) is 25.0. The van der Waals surface area contributed by atoms with Crippen LogP contribution in [0.4, 0.5) is 69.7 Å². The van der Waals surface area contributed by atoms with Crippen molar-refractivity contribution in [3.05, 3.63) is 274 Å². The molecule has 704 valence electrons. The fourth-order valence-electron chi connectivity index (χ4n) is 18.2. The summed E-state index contributed by atoms with van der Waals surface area (Å²) in [6.45, 7) is 1.12. The van der Waals surface area contributed by atoms with Crippen molar-refractivity contribution in [2.75, 3.05) is 34.3 Å². The molecule has 3 saturated carbocycles. The van der Waals surface area contributed by atoms with Crippen LogP contribution in [0.1, 0.15) is 200 Å². The number of hydrogen-bond acceptors (Lipinski definition) is 18. The summed E-state index contributed by atoms with van der Waals surface area (Å²) in [7, 11) is -15.5. The molecule has 26 nitrogen and oxygen atoms in total. The number of pyridine rings is 3. The van der Waals surface area contributed by atoms with E-state index < -0.39 is 184 Å². The molecule has 3 atom stereocenters. The van der Waals surface area contributed by atoms with Gasteiger partial charge in [0.1, 0.15) is 24.7 Å². The molecule has 0 bridgehead atoms.